The number of hydrogen-bond donors (Lipinski definition) is 2. The van der Waals surface area contributed by atoms with Gasteiger partial charge in [0, 0.05) is 16.6 Å². The largest absolute Gasteiger partial charge is 0.477 e. The van der Waals surface area contributed by atoms with E-state index in [1.807, 2.05) is 6.07 Å². The van der Waals surface area contributed by atoms with Crippen molar-refractivity contribution in [1.82, 2.24) is 15.3 Å². The summed E-state index contributed by atoms with van der Waals surface area (Å²) >= 11 is 7.15. The number of carboxylic acid groups (broad SMARTS) is 1. The predicted octanol–water partition coefficient (Wildman–Crippen LogP) is 3.84. The molecular weight excluding hydrogens is 362 g/mol. The van der Waals surface area contributed by atoms with E-state index in [0.29, 0.717) is 26.8 Å². The summed E-state index contributed by atoms with van der Waals surface area (Å²) in [6.07, 6.45) is 1.61. The highest BCUT2D eigenvalue weighted by Gasteiger charge is 2.21. The Hall–Kier alpha value is -2.51. The van der Waals surface area contributed by atoms with Crippen molar-refractivity contribution in [3.8, 4) is 0 Å². The molecule has 0 aliphatic heterocycles. The van der Waals surface area contributed by atoms with E-state index in [-0.39, 0.29) is 10.8 Å². The van der Waals surface area contributed by atoms with Crippen LogP contribution in [0.2, 0.25) is 5.02 Å². The first-order valence-corrected chi connectivity index (χ1v) is 8.62. The van der Waals surface area contributed by atoms with Crippen molar-refractivity contribution in [1.29, 1.82) is 0 Å². The van der Waals surface area contributed by atoms with Gasteiger partial charge in [0.25, 0.3) is 5.91 Å². The minimum atomic E-state index is -1.02. The van der Waals surface area contributed by atoms with Crippen LogP contribution in [-0.2, 0) is 0 Å². The van der Waals surface area contributed by atoms with Crippen molar-refractivity contribution in [3.63, 3.8) is 0 Å². The summed E-state index contributed by atoms with van der Waals surface area (Å²) in [4.78, 5) is 32.5. The Bertz CT molecular complexity index is 986. The molecule has 0 aliphatic rings. The molecule has 128 valence electrons. The van der Waals surface area contributed by atoms with Crippen LogP contribution in [0.1, 0.15) is 43.7 Å². The third-order valence-electron chi connectivity index (χ3n) is 3.64. The maximum Gasteiger partial charge on any atom is 0.347 e. The van der Waals surface area contributed by atoms with E-state index in [1.165, 1.54) is 0 Å². The van der Waals surface area contributed by atoms with E-state index in [0.717, 1.165) is 16.7 Å². The molecule has 1 unspecified atom stereocenters. The lowest BCUT2D eigenvalue weighted by molar-refractivity contribution is 0.0701. The second-order valence-corrected chi connectivity index (χ2v) is 6.96. The van der Waals surface area contributed by atoms with Gasteiger partial charge >= 0.3 is 5.97 Å². The number of aromatic carboxylic acids is 1. The first kappa shape index (κ1) is 17.3. The molecule has 0 bridgehead atoms. The standard InChI is InChI=1S/C17H14ClN3O3S/c1-8-14(17(23)24)25-16(21-8)9(2)20-15(22)12-7-11(18)6-10-4-3-5-19-13(10)12/h3-7,9H,1-2H3,(H,20,22)(H,23,24). The van der Waals surface area contributed by atoms with E-state index in [9.17, 15) is 9.59 Å². The molecule has 0 saturated heterocycles. The SMILES string of the molecule is Cc1nc(C(C)NC(=O)c2cc(Cl)cc3cccnc23)sc1C(=O)O. The highest BCUT2D eigenvalue weighted by molar-refractivity contribution is 7.13. The summed E-state index contributed by atoms with van der Waals surface area (Å²) in [6.45, 7) is 3.38. The summed E-state index contributed by atoms with van der Waals surface area (Å²) in [5.74, 6) is -1.37. The van der Waals surface area contributed by atoms with Gasteiger partial charge in [0.2, 0.25) is 0 Å². The van der Waals surface area contributed by atoms with Crippen molar-refractivity contribution in [3.05, 3.63) is 56.6 Å². The number of carboxylic acids is 1. The van der Waals surface area contributed by atoms with Crippen LogP contribution in [-0.4, -0.2) is 27.0 Å². The molecule has 0 spiro atoms. The number of aryl methyl sites for hydroxylation is 1. The number of rotatable bonds is 4. The summed E-state index contributed by atoms with van der Waals surface area (Å²) in [6, 6.07) is 6.47. The van der Waals surface area contributed by atoms with Gasteiger partial charge in [0.15, 0.2) is 0 Å². The van der Waals surface area contributed by atoms with Gasteiger partial charge in [-0.15, -0.1) is 11.3 Å². The molecule has 0 saturated carbocycles. The number of thiazole rings is 1. The average Bonchev–Trinajstić information content (AvgIpc) is 2.96. The van der Waals surface area contributed by atoms with E-state index in [2.05, 4.69) is 15.3 Å². The highest BCUT2D eigenvalue weighted by Crippen LogP contribution is 2.26. The molecule has 1 amide bonds. The molecule has 8 heteroatoms. The maximum absolute atomic E-state index is 12.7. The van der Waals surface area contributed by atoms with Gasteiger partial charge in [-0.1, -0.05) is 17.7 Å². The van der Waals surface area contributed by atoms with Crippen LogP contribution in [0.3, 0.4) is 0 Å². The Balaban J connectivity index is 1.90. The van der Waals surface area contributed by atoms with Crippen LogP contribution in [0.5, 0.6) is 0 Å². The Labute approximate surface area is 152 Å². The molecule has 3 rings (SSSR count). The summed E-state index contributed by atoms with van der Waals surface area (Å²) in [7, 11) is 0. The molecule has 2 aromatic heterocycles. The van der Waals surface area contributed by atoms with Crippen molar-refractivity contribution in [2.45, 2.75) is 19.9 Å². The number of benzene rings is 1. The van der Waals surface area contributed by atoms with Gasteiger partial charge in [-0.2, -0.15) is 0 Å². The Kier molecular flexibility index (Phi) is 4.69. The minimum absolute atomic E-state index is 0.172. The molecule has 25 heavy (non-hydrogen) atoms. The van der Waals surface area contributed by atoms with Crippen LogP contribution < -0.4 is 5.32 Å². The van der Waals surface area contributed by atoms with Gasteiger partial charge in [0.1, 0.15) is 9.88 Å². The lowest BCUT2D eigenvalue weighted by Crippen LogP contribution is -2.27. The molecular formula is C17H14ClN3O3S. The molecule has 6 nitrogen and oxygen atoms in total. The minimum Gasteiger partial charge on any atom is -0.477 e. The average molecular weight is 376 g/mol. The van der Waals surface area contributed by atoms with Gasteiger partial charge < -0.3 is 10.4 Å². The van der Waals surface area contributed by atoms with Crippen LogP contribution in [0, 0.1) is 6.92 Å². The number of halogens is 1. The number of nitrogens with zero attached hydrogens (tertiary/aromatic N) is 2. The summed E-state index contributed by atoms with van der Waals surface area (Å²) in [5, 5.41) is 13.7. The number of hydrogen-bond acceptors (Lipinski definition) is 5. The Morgan fingerprint density at radius 2 is 2.12 bits per heavy atom. The number of fused-ring (bicyclic) bond motifs is 1. The molecule has 0 aliphatic carbocycles. The van der Waals surface area contributed by atoms with Gasteiger partial charge in [-0.05, 0) is 32.0 Å². The number of nitrogens with one attached hydrogen (secondary N) is 1. The third kappa shape index (κ3) is 3.47. The zero-order valence-corrected chi connectivity index (χ0v) is 15.0. The summed E-state index contributed by atoms with van der Waals surface area (Å²) in [5.41, 5.74) is 1.35. The molecule has 0 radical (unpaired) electrons. The van der Waals surface area contributed by atoms with E-state index in [4.69, 9.17) is 16.7 Å². The number of aromatic nitrogens is 2. The van der Waals surface area contributed by atoms with E-state index in [1.54, 1.807) is 38.2 Å². The smallest absolute Gasteiger partial charge is 0.347 e. The van der Waals surface area contributed by atoms with Crippen molar-refractivity contribution in [2.24, 2.45) is 0 Å². The van der Waals surface area contributed by atoms with E-state index < -0.39 is 12.0 Å². The highest BCUT2D eigenvalue weighted by atomic mass is 35.5. The number of pyridine rings is 1. The fraction of sp³-hybridized carbons (Fsp3) is 0.176. The second-order valence-electron chi connectivity index (χ2n) is 5.50. The monoisotopic (exact) mass is 375 g/mol. The fourth-order valence-electron chi connectivity index (χ4n) is 2.47. The lowest BCUT2D eigenvalue weighted by Gasteiger charge is -2.12. The van der Waals surface area contributed by atoms with Crippen molar-refractivity contribution < 1.29 is 14.7 Å². The Morgan fingerprint density at radius 3 is 2.80 bits per heavy atom. The summed E-state index contributed by atoms with van der Waals surface area (Å²) < 4.78 is 0. The molecule has 2 N–H and O–H groups in total. The van der Waals surface area contributed by atoms with Crippen LogP contribution in [0.15, 0.2) is 30.5 Å². The molecule has 0 fully saturated rings. The number of carbonyl (C=O) groups excluding carboxylic acids is 1. The molecule has 2 heterocycles. The quantitative estimate of drug-likeness (QED) is 0.722. The van der Waals surface area contributed by atoms with Crippen LogP contribution in [0.25, 0.3) is 10.9 Å². The van der Waals surface area contributed by atoms with Crippen molar-refractivity contribution >= 4 is 45.7 Å². The maximum atomic E-state index is 12.7. The fourth-order valence-corrected chi connectivity index (χ4v) is 3.60. The number of amides is 1. The second kappa shape index (κ2) is 6.78. The topological polar surface area (TPSA) is 92.2 Å². The van der Waals surface area contributed by atoms with Gasteiger partial charge in [-0.3, -0.25) is 9.78 Å². The van der Waals surface area contributed by atoms with E-state index >= 15 is 0 Å². The number of carbonyl (C=O) groups is 2. The Morgan fingerprint density at radius 1 is 1.36 bits per heavy atom. The zero-order chi connectivity index (χ0) is 18.1. The van der Waals surface area contributed by atoms with Crippen LogP contribution in [0.4, 0.5) is 0 Å². The van der Waals surface area contributed by atoms with Crippen molar-refractivity contribution in [2.75, 3.05) is 0 Å². The molecule has 3 aromatic rings. The first-order valence-electron chi connectivity index (χ1n) is 7.42. The third-order valence-corrected chi connectivity index (χ3v) is 5.19. The zero-order valence-electron chi connectivity index (χ0n) is 13.4. The molecule has 1 atom stereocenters. The molecule has 1 aromatic carbocycles. The van der Waals surface area contributed by atoms with Crippen LogP contribution >= 0.6 is 22.9 Å². The normalized spacial score (nSPS) is 12.1. The van der Waals surface area contributed by atoms with Gasteiger partial charge in [-0.25, -0.2) is 9.78 Å². The van der Waals surface area contributed by atoms with Gasteiger partial charge in [0.05, 0.1) is 22.8 Å². The first-order chi connectivity index (χ1) is 11.9. The lowest BCUT2D eigenvalue weighted by atomic mass is 10.1. The predicted molar refractivity (Wildman–Crippen MR) is 96.4 cm³/mol.